The number of esters is 1. The van der Waals surface area contributed by atoms with Crippen molar-refractivity contribution >= 4 is 23.5 Å². The second kappa shape index (κ2) is 9.16. The van der Waals surface area contributed by atoms with Crippen LogP contribution in [0.5, 0.6) is 5.75 Å². The Labute approximate surface area is 149 Å². The van der Waals surface area contributed by atoms with Crippen LogP contribution in [-0.2, 0) is 14.3 Å². The molecule has 26 heavy (non-hydrogen) atoms. The molecule has 0 aliphatic heterocycles. The highest BCUT2D eigenvalue weighted by Crippen LogP contribution is 2.22. The van der Waals surface area contributed by atoms with Crippen LogP contribution in [0.4, 0.5) is 10.1 Å². The molecular weight excluding hydrogens is 343 g/mol. The van der Waals surface area contributed by atoms with Gasteiger partial charge in [-0.3, -0.25) is 14.4 Å². The number of halogens is 1. The number of para-hydroxylation sites is 2. The lowest BCUT2D eigenvalue weighted by Gasteiger charge is -2.10. The molecule has 8 heteroatoms. The summed E-state index contributed by atoms with van der Waals surface area (Å²) in [7, 11) is 1.46. The highest BCUT2D eigenvalue weighted by Gasteiger charge is 2.12. The molecule has 0 spiro atoms. The van der Waals surface area contributed by atoms with E-state index in [4.69, 9.17) is 9.47 Å². The zero-order chi connectivity index (χ0) is 18.9. The molecule has 2 amide bonds. The third kappa shape index (κ3) is 5.59. The lowest BCUT2D eigenvalue weighted by Crippen LogP contribution is -2.32. The average molecular weight is 360 g/mol. The van der Waals surface area contributed by atoms with Gasteiger partial charge in [0.1, 0.15) is 18.1 Å². The third-order valence-corrected chi connectivity index (χ3v) is 3.23. The van der Waals surface area contributed by atoms with Crippen LogP contribution >= 0.6 is 0 Å². The lowest BCUT2D eigenvalue weighted by molar-refractivity contribution is -0.146. The SMILES string of the molecule is COc1ccccc1NC(=O)COC(=O)CNC(=O)c1cccc(F)c1. The van der Waals surface area contributed by atoms with Gasteiger partial charge < -0.3 is 20.1 Å². The summed E-state index contributed by atoms with van der Waals surface area (Å²) in [6.45, 7) is -0.968. The molecular formula is C18H17FN2O5. The monoisotopic (exact) mass is 360 g/mol. The second-order valence-electron chi connectivity index (χ2n) is 5.10. The lowest BCUT2D eigenvalue weighted by atomic mass is 10.2. The Hall–Kier alpha value is -3.42. The van der Waals surface area contributed by atoms with Gasteiger partial charge in [-0.1, -0.05) is 18.2 Å². The van der Waals surface area contributed by atoms with E-state index in [0.29, 0.717) is 11.4 Å². The van der Waals surface area contributed by atoms with Crippen molar-refractivity contribution in [2.45, 2.75) is 0 Å². The fourth-order valence-electron chi connectivity index (χ4n) is 2.02. The maximum Gasteiger partial charge on any atom is 0.325 e. The molecule has 2 aromatic carbocycles. The second-order valence-corrected chi connectivity index (χ2v) is 5.10. The van der Waals surface area contributed by atoms with Crippen molar-refractivity contribution in [3.05, 3.63) is 59.9 Å². The predicted octanol–water partition coefficient (Wildman–Crippen LogP) is 1.75. The molecule has 0 unspecified atom stereocenters. The Morgan fingerprint density at radius 2 is 1.85 bits per heavy atom. The molecule has 0 aliphatic rings. The van der Waals surface area contributed by atoms with Gasteiger partial charge in [0.25, 0.3) is 11.8 Å². The van der Waals surface area contributed by atoms with Gasteiger partial charge in [0.15, 0.2) is 6.61 Å². The summed E-state index contributed by atoms with van der Waals surface area (Å²) >= 11 is 0. The molecule has 0 heterocycles. The Kier molecular flexibility index (Phi) is 6.67. The number of nitrogens with one attached hydrogen (secondary N) is 2. The van der Waals surface area contributed by atoms with Crippen molar-refractivity contribution in [3.8, 4) is 5.75 Å². The molecule has 0 aliphatic carbocycles. The topological polar surface area (TPSA) is 93.7 Å². The van der Waals surface area contributed by atoms with E-state index in [0.717, 1.165) is 6.07 Å². The van der Waals surface area contributed by atoms with E-state index >= 15 is 0 Å². The summed E-state index contributed by atoms with van der Waals surface area (Å²) in [6, 6.07) is 11.8. The standard InChI is InChI=1S/C18H17FN2O5/c1-25-15-8-3-2-7-14(15)21-16(22)11-26-17(23)10-20-18(24)12-5-4-6-13(19)9-12/h2-9H,10-11H2,1H3,(H,20,24)(H,21,22). The summed E-state index contributed by atoms with van der Waals surface area (Å²) in [6.07, 6.45) is 0. The number of benzene rings is 2. The minimum absolute atomic E-state index is 0.0757. The van der Waals surface area contributed by atoms with Crippen LogP contribution in [0, 0.1) is 5.82 Å². The summed E-state index contributed by atoms with van der Waals surface area (Å²) < 4.78 is 22.9. The summed E-state index contributed by atoms with van der Waals surface area (Å²) in [5.74, 6) is -2.08. The number of anilines is 1. The van der Waals surface area contributed by atoms with Gasteiger partial charge in [0.2, 0.25) is 0 Å². The van der Waals surface area contributed by atoms with Crippen LogP contribution < -0.4 is 15.4 Å². The van der Waals surface area contributed by atoms with Crippen molar-refractivity contribution in [3.63, 3.8) is 0 Å². The maximum atomic E-state index is 13.0. The number of carbonyl (C=O) groups excluding carboxylic acids is 3. The number of hydrogen-bond acceptors (Lipinski definition) is 5. The number of hydrogen-bond donors (Lipinski definition) is 2. The van der Waals surface area contributed by atoms with Crippen molar-refractivity contribution in [2.24, 2.45) is 0 Å². The van der Waals surface area contributed by atoms with Gasteiger partial charge in [-0.25, -0.2) is 4.39 Å². The Morgan fingerprint density at radius 3 is 2.58 bits per heavy atom. The number of rotatable bonds is 7. The first-order valence-electron chi connectivity index (χ1n) is 7.62. The van der Waals surface area contributed by atoms with Gasteiger partial charge in [-0.05, 0) is 30.3 Å². The molecule has 0 saturated carbocycles. The number of ether oxygens (including phenoxy) is 2. The number of methoxy groups -OCH3 is 1. The first kappa shape index (κ1) is 18.9. The van der Waals surface area contributed by atoms with E-state index in [1.54, 1.807) is 24.3 Å². The Morgan fingerprint density at radius 1 is 1.08 bits per heavy atom. The summed E-state index contributed by atoms with van der Waals surface area (Å²) in [4.78, 5) is 35.2. The number of carbonyl (C=O) groups is 3. The third-order valence-electron chi connectivity index (χ3n) is 3.23. The van der Waals surface area contributed by atoms with Crippen LogP contribution in [0.3, 0.4) is 0 Å². The fourth-order valence-corrected chi connectivity index (χ4v) is 2.02. The van der Waals surface area contributed by atoms with Crippen molar-refractivity contribution in [1.29, 1.82) is 0 Å². The van der Waals surface area contributed by atoms with Crippen LogP contribution in [-0.4, -0.2) is 38.0 Å². The molecule has 7 nitrogen and oxygen atoms in total. The fraction of sp³-hybridized carbons (Fsp3) is 0.167. The van der Waals surface area contributed by atoms with Crippen LogP contribution in [0.1, 0.15) is 10.4 Å². The molecule has 2 rings (SSSR count). The van der Waals surface area contributed by atoms with Gasteiger partial charge >= 0.3 is 5.97 Å². The molecule has 0 atom stereocenters. The van der Waals surface area contributed by atoms with Gasteiger partial charge in [0, 0.05) is 5.56 Å². The molecule has 0 aromatic heterocycles. The van der Waals surface area contributed by atoms with Gasteiger partial charge in [-0.2, -0.15) is 0 Å². The van der Waals surface area contributed by atoms with E-state index in [1.165, 1.54) is 25.3 Å². The minimum atomic E-state index is -0.801. The first-order valence-corrected chi connectivity index (χ1v) is 7.62. The van der Waals surface area contributed by atoms with Crippen molar-refractivity contribution in [1.82, 2.24) is 5.32 Å². The highest BCUT2D eigenvalue weighted by atomic mass is 19.1. The largest absolute Gasteiger partial charge is 0.495 e. The zero-order valence-electron chi connectivity index (χ0n) is 14.0. The highest BCUT2D eigenvalue weighted by molar-refractivity contribution is 5.96. The first-order chi connectivity index (χ1) is 12.5. The molecule has 2 aromatic rings. The Balaban J connectivity index is 1.76. The maximum absolute atomic E-state index is 13.0. The smallest absolute Gasteiger partial charge is 0.325 e. The summed E-state index contributed by atoms with van der Waals surface area (Å²) in [5, 5.41) is 4.83. The molecule has 0 radical (unpaired) electrons. The molecule has 0 fully saturated rings. The van der Waals surface area contributed by atoms with Crippen LogP contribution in [0.15, 0.2) is 48.5 Å². The zero-order valence-corrected chi connectivity index (χ0v) is 14.0. The molecule has 2 N–H and O–H groups in total. The van der Waals surface area contributed by atoms with Crippen molar-refractivity contribution < 1.29 is 28.2 Å². The summed E-state index contributed by atoms with van der Waals surface area (Å²) in [5.41, 5.74) is 0.516. The number of amides is 2. The normalized spacial score (nSPS) is 9.92. The quantitative estimate of drug-likeness (QED) is 0.734. The molecule has 136 valence electrons. The van der Waals surface area contributed by atoms with E-state index in [-0.39, 0.29) is 5.56 Å². The van der Waals surface area contributed by atoms with Gasteiger partial charge in [-0.15, -0.1) is 0 Å². The molecule has 0 bridgehead atoms. The predicted molar refractivity (Wildman–Crippen MR) is 91.3 cm³/mol. The minimum Gasteiger partial charge on any atom is -0.495 e. The molecule has 0 saturated heterocycles. The Bertz CT molecular complexity index is 810. The van der Waals surface area contributed by atoms with E-state index in [1.807, 2.05) is 0 Å². The van der Waals surface area contributed by atoms with E-state index < -0.39 is 36.8 Å². The van der Waals surface area contributed by atoms with E-state index in [9.17, 15) is 18.8 Å². The van der Waals surface area contributed by atoms with Crippen molar-refractivity contribution in [2.75, 3.05) is 25.6 Å². The average Bonchev–Trinajstić information content (AvgIpc) is 2.64. The van der Waals surface area contributed by atoms with E-state index in [2.05, 4.69) is 10.6 Å². The van der Waals surface area contributed by atoms with Gasteiger partial charge in [0.05, 0.1) is 12.8 Å². The van der Waals surface area contributed by atoms with Crippen LogP contribution in [0.2, 0.25) is 0 Å². The van der Waals surface area contributed by atoms with Crippen LogP contribution in [0.25, 0.3) is 0 Å².